The molecule has 0 spiro atoms. The van der Waals surface area contributed by atoms with Gasteiger partial charge in [0.15, 0.2) is 11.5 Å². The fourth-order valence-corrected chi connectivity index (χ4v) is 3.22. The molecule has 0 fully saturated rings. The van der Waals surface area contributed by atoms with Crippen molar-refractivity contribution in [3.63, 3.8) is 0 Å². The summed E-state index contributed by atoms with van der Waals surface area (Å²) in [6.45, 7) is 4.07. The number of carbonyl (C=O) groups excluding carboxylic acids is 1. The van der Waals surface area contributed by atoms with Gasteiger partial charge in [0.2, 0.25) is 0 Å². The van der Waals surface area contributed by atoms with E-state index in [1.54, 1.807) is 50.7 Å². The number of methoxy groups -OCH3 is 2. The molecule has 1 aromatic heterocycles. The van der Waals surface area contributed by atoms with E-state index >= 15 is 0 Å². The Morgan fingerprint density at radius 1 is 0.971 bits per heavy atom. The van der Waals surface area contributed by atoms with E-state index in [1.165, 1.54) is 24.8 Å². The Hall–Kier alpha value is -3.62. The van der Waals surface area contributed by atoms with Gasteiger partial charge in [0.1, 0.15) is 5.82 Å². The Balaban J connectivity index is 0.000000303. The molecule has 1 amide bonds. The largest absolute Gasteiger partial charge is 0.493 e. The van der Waals surface area contributed by atoms with Gasteiger partial charge in [-0.25, -0.2) is 4.98 Å². The summed E-state index contributed by atoms with van der Waals surface area (Å²) in [6, 6.07) is 16.3. The van der Waals surface area contributed by atoms with E-state index in [2.05, 4.69) is 22.5 Å². The van der Waals surface area contributed by atoms with E-state index in [4.69, 9.17) is 20.3 Å². The minimum absolute atomic E-state index is 0.0142. The number of hydrogen-bond acceptors (Lipinski definition) is 7. The maximum Gasteiger partial charge on any atom is 0.255 e. The summed E-state index contributed by atoms with van der Waals surface area (Å²) in [6.07, 6.45) is 5.25. The molecule has 188 valence electrons. The van der Waals surface area contributed by atoms with Gasteiger partial charge in [0, 0.05) is 30.1 Å². The quantitative estimate of drug-likeness (QED) is 0.301. The number of ether oxygens (including phenoxy) is 2. The molecule has 0 aliphatic rings. The third-order valence-corrected chi connectivity index (χ3v) is 5.17. The summed E-state index contributed by atoms with van der Waals surface area (Å²) in [5.74, 6) is 1.55. The van der Waals surface area contributed by atoms with Crippen LogP contribution in [0.15, 0.2) is 60.8 Å². The van der Waals surface area contributed by atoms with Crippen molar-refractivity contribution in [1.29, 1.82) is 0 Å². The van der Waals surface area contributed by atoms with Gasteiger partial charge in [-0.05, 0) is 54.4 Å². The molecule has 0 aliphatic heterocycles. The van der Waals surface area contributed by atoms with Crippen LogP contribution in [0.5, 0.6) is 11.5 Å². The fraction of sp³-hybridized carbons (Fsp3) is 0.333. The standard InChI is InChI=1S/C18H24N4O.C9H12O3/c1-2-3-4-10-20-13-14-5-7-15(8-6-14)18(23)22-16-9-11-21-17(19)12-16;1-11-8-4-3-7(6-10)5-9(8)12-2/h5-9,11-12,20H,2-4,10,13H2,1H3,(H3,19,21,22,23);3-5,10H,6H2,1-2H3. The number of nitrogens with two attached hydrogens (primary N) is 1. The molecule has 2 aromatic carbocycles. The number of amides is 1. The van der Waals surface area contributed by atoms with Crippen LogP contribution in [0, 0.1) is 0 Å². The van der Waals surface area contributed by atoms with Crippen LogP contribution < -0.4 is 25.8 Å². The van der Waals surface area contributed by atoms with Crippen LogP contribution in [-0.4, -0.2) is 36.8 Å². The van der Waals surface area contributed by atoms with Crippen molar-refractivity contribution >= 4 is 17.4 Å². The SMILES string of the molecule is CCCCCNCc1ccc(C(=O)Nc2ccnc(N)c2)cc1.COc1ccc(CO)cc1OC. The van der Waals surface area contributed by atoms with Crippen LogP contribution in [0.2, 0.25) is 0 Å². The van der Waals surface area contributed by atoms with Crippen molar-refractivity contribution in [2.75, 3.05) is 31.8 Å². The van der Waals surface area contributed by atoms with Crippen LogP contribution in [0.1, 0.15) is 47.7 Å². The second-order valence-electron chi connectivity index (χ2n) is 7.85. The molecule has 0 radical (unpaired) electrons. The van der Waals surface area contributed by atoms with Gasteiger partial charge in [0.05, 0.1) is 20.8 Å². The van der Waals surface area contributed by atoms with Crippen LogP contribution in [0.25, 0.3) is 0 Å². The lowest BCUT2D eigenvalue weighted by molar-refractivity contribution is 0.102. The number of pyridine rings is 1. The van der Waals surface area contributed by atoms with E-state index in [-0.39, 0.29) is 12.5 Å². The third-order valence-electron chi connectivity index (χ3n) is 5.17. The number of rotatable bonds is 11. The normalized spacial score (nSPS) is 10.2. The van der Waals surface area contributed by atoms with Crippen molar-refractivity contribution in [2.45, 2.75) is 39.3 Å². The molecule has 3 aromatic rings. The first-order valence-corrected chi connectivity index (χ1v) is 11.6. The Morgan fingerprint density at radius 2 is 1.69 bits per heavy atom. The zero-order valence-electron chi connectivity index (χ0n) is 20.7. The molecule has 0 atom stereocenters. The molecule has 0 aliphatic carbocycles. The summed E-state index contributed by atoms with van der Waals surface area (Å²) in [4.78, 5) is 16.1. The van der Waals surface area contributed by atoms with Gasteiger partial charge in [-0.15, -0.1) is 0 Å². The monoisotopic (exact) mass is 480 g/mol. The fourth-order valence-electron chi connectivity index (χ4n) is 3.22. The lowest BCUT2D eigenvalue weighted by atomic mass is 10.1. The first kappa shape index (κ1) is 27.6. The number of aliphatic hydroxyl groups is 1. The summed E-state index contributed by atoms with van der Waals surface area (Å²) in [7, 11) is 3.15. The van der Waals surface area contributed by atoms with Crippen molar-refractivity contribution in [3.05, 3.63) is 77.5 Å². The number of benzene rings is 2. The van der Waals surface area contributed by atoms with Gasteiger partial charge >= 0.3 is 0 Å². The topological polar surface area (TPSA) is 119 Å². The van der Waals surface area contributed by atoms with Crippen LogP contribution >= 0.6 is 0 Å². The first-order chi connectivity index (χ1) is 17.0. The molecule has 3 rings (SSSR count). The second kappa shape index (κ2) is 15.3. The predicted molar refractivity (Wildman–Crippen MR) is 140 cm³/mol. The highest BCUT2D eigenvalue weighted by Gasteiger charge is 2.06. The molecule has 0 saturated heterocycles. The highest BCUT2D eigenvalue weighted by Crippen LogP contribution is 2.27. The summed E-state index contributed by atoms with van der Waals surface area (Å²) >= 11 is 0. The number of nitrogens with zero attached hydrogens (tertiary/aromatic N) is 1. The average molecular weight is 481 g/mol. The van der Waals surface area contributed by atoms with Crippen molar-refractivity contribution < 1.29 is 19.4 Å². The number of carbonyl (C=O) groups is 1. The Morgan fingerprint density at radius 3 is 2.31 bits per heavy atom. The molecule has 0 saturated carbocycles. The molecular formula is C27H36N4O4. The van der Waals surface area contributed by atoms with Crippen LogP contribution in [-0.2, 0) is 13.2 Å². The van der Waals surface area contributed by atoms with Crippen molar-refractivity contribution in [2.24, 2.45) is 0 Å². The lowest BCUT2D eigenvalue weighted by Gasteiger charge is -2.07. The van der Waals surface area contributed by atoms with Gasteiger partial charge in [-0.1, -0.05) is 38.0 Å². The van der Waals surface area contributed by atoms with E-state index in [1.807, 2.05) is 24.3 Å². The number of nitrogen functional groups attached to an aromatic ring is 1. The van der Waals surface area contributed by atoms with E-state index in [9.17, 15) is 4.79 Å². The van der Waals surface area contributed by atoms with E-state index in [0.29, 0.717) is 28.6 Å². The third kappa shape index (κ3) is 9.64. The molecule has 0 unspecified atom stereocenters. The minimum atomic E-state index is -0.155. The molecular weight excluding hydrogens is 444 g/mol. The summed E-state index contributed by atoms with van der Waals surface area (Å²) in [5, 5.41) is 15.0. The van der Waals surface area contributed by atoms with Crippen LogP contribution in [0.3, 0.4) is 0 Å². The maximum atomic E-state index is 12.2. The Labute approximate surface area is 207 Å². The summed E-state index contributed by atoms with van der Waals surface area (Å²) in [5.41, 5.74) is 8.85. The molecule has 0 bridgehead atoms. The number of nitrogens with one attached hydrogen (secondary N) is 2. The number of aliphatic hydroxyl groups excluding tert-OH is 1. The lowest BCUT2D eigenvalue weighted by Crippen LogP contribution is -2.15. The smallest absolute Gasteiger partial charge is 0.255 e. The summed E-state index contributed by atoms with van der Waals surface area (Å²) < 4.78 is 10.1. The number of hydrogen-bond donors (Lipinski definition) is 4. The Bertz CT molecular complexity index is 1040. The zero-order valence-corrected chi connectivity index (χ0v) is 20.7. The van der Waals surface area contributed by atoms with Gasteiger partial charge < -0.3 is 30.9 Å². The second-order valence-corrected chi connectivity index (χ2v) is 7.85. The van der Waals surface area contributed by atoms with E-state index < -0.39 is 0 Å². The number of aromatic nitrogens is 1. The maximum absolute atomic E-state index is 12.2. The molecule has 8 heteroatoms. The number of anilines is 2. The van der Waals surface area contributed by atoms with Crippen LogP contribution in [0.4, 0.5) is 11.5 Å². The van der Waals surface area contributed by atoms with Gasteiger partial charge in [0.25, 0.3) is 5.91 Å². The molecule has 5 N–H and O–H groups in total. The highest BCUT2D eigenvalue weighted by molar-refractivity contribution is 6.04. The van der Waals surface area contributed by atoms with Crippen molar-refractivity contribution in [1.82, 2.24) is 10.3 Å². The molecule has 8 nitrogen and oxygen atoms in total. The van der Waals surface area contributed by atoms with Gasteiger partial charge in [-0.3, -0.25) is 4.79 Å². The molecule has 1 heterocycles. The minimum Gasteiger partial charge on any atom is -0.493 e. The zero-order chi connectivity index (χ0) is 25.5. The average Bonchev–Trinajstić information content (AvgIpc) is 2.88. The highest BCUT2D eigenvalue weighted by atomic mass is 16.5. The predicted octanol–water partition coefficient (Wildman–Crippen LogP) is 4.39. The first-order valence-electron chi connectivity index (χ1n) is 11.6. The van der Waals surface area contributed by atoms with E-state index in [0.717, 1.165) is 18.7 Å². The molecule has 35 heavy (non-hydrogen) atoms. The van der Waals surface area contributed by atoms with Gasteiger partial charge in [-0.2, -0.15) is 0 Å². The van der Waals surface area contributed by atoms with Crippen molar-refractivity contribution in [3.8, 4) is 11.5 Å². The number of unbranched alkanes of at least 4 members (excludes halogenated alkanes) is 2. The Kier molecular flexibility index (Phi) is 12.1.